The van der Waals surface area contributed by atoms with Gasteiger partial charge in [-0.1, -0.05) is 30.3 Å². The van der Waals surface area contributed by atoms with Crippen molar-refractivity contribution in [1.29, 1.82) is 0 Å². The first-order valence-corrected chi connectivity index (χ1v) is 6.23. The number of alkyl carbamates (subject to hydrolysis) is 1. The molecular formula is C14H19NO4. The van der Waals surface area contributed by atoms with Gasteiger partial charge in [0.1, 0.15) is 6.04 Å². The van der Waals surface area contributed by atoms with E-state index in [1.165, 1.54) is 0 Å². The monoisotopic (exact) mass is 265 g/mol. The number of benzene rings is 1. The van der Waals surface area contributed by atoms with Crippen LogP contribution in [0.2, 0.25) is 0 Å². The van der Waals surface area contributed by atoms with Crippen LogP contribution in [-0.2, 0) is 16.0 Å². The number of carbonyl (C=O) groups excluding carboxylic acids is 1. The van der Waals surface area contributed by atoms with Crippen molar-refractivity contribution < 1.29 is 19.4 Å². The number of aryl methyl sites for hydroxylation is 1. The Balaban J connectivity index is 2.49. The van der Waals surface area contributed by atoms with Gasteiger partial charge in [-0.2, -0.15) is 0 Å². The number of ether oxygens (including phenoxy) is 1. The fourth-order valence-corrected chi connectivity index (χ4v) is 1.60. The van der Waals surface area contributed by atoms with Gasteiger partial charge in [0, 0.05) is 0 Å². The lowest BCUT2D eigenvalue weighted by Crippen LogP contribution is -2.42. The van der Waals surface area contributed by atoms with E-state index in [2.05, 4.69) is 5.32 Å². The summed E-state index contributed by atoms with van der Waals surface area (Å²) < 4.78 is 4.87. The van der Waals surface area contributed by atoms with Crippen molar-refractivity contribution in [3.05, 3.63) is 35.9 Å². The van der Waals surface area contributed by atoms with Gasteiger partial charge in [-0.3, -0.25) is 0 Å². The average molecular weight is 265 g/mol. The summed E-state index contributed by atoms with van der Waals surface area (Å²) in [6.07, 6.45) is -0.0641. The first kappa shape index (κ1) is 15.0. The molecular weight excluding hydrogens is 246 g/mol. The molecule has 0 aliphatic carbocycles. The van der Waals surface area contributed by atoms with E-state index in [0.717, 1.165) is 5.56 Å². The molecule has 0 aliphatic heterocycles. The smallest absolute Gasteiger partial charge is 0.408 e. The molecule has 1 amide bonds. The molecule has 0 aromatic heterocycles. The number of carboxylic acids is 1. The van der Waals surface area contributed by atoms with Crippen molar-refractivity contribution in [2.75, 3.05) is 0 Å². The fraction of sp³-hybridized carbons (Fsp3) is 0.429. The Hall–Kier alpha value is -2.04. The van der Waals surface area contributed by atoms with Crippen LogP contribution >= 0.6 is 0 Å². The van der Waals surface area contributed by atoms with Crippen molar-refractivity contribution in [3.63, 3.8) is 0 Å². The largest absolute Gasteiger partial charge is 0.480 e. The zero-order valence-electron chi connectivity index (χ0n) is 11.1. The SMILES string of the molecule is CC(C)OC(=O)NC(CCc1ccccc1)C(=O)O. The normalized spacial score (nSPS) is 11.9. The zero-order chi connectivity index (χ0) is 14.3. The van der Waals surface area contributed by atoms with Crippen molar-refractivity contribution in [2.45, 2.75) is 38.8 Å². The zero-order valence-corrected chi connectivity index (χ0v) is 11.1. The van der Waals surface area contributed by atoms with E-state index in [1.54, 1.807) is 13.8 Å². The van der Waals surface area contributed by atoms with Crippen LogP contribution in [0.4, 0.5) is 4.79 Å². The van der Waals surface area contributed by atoms with Crippen LogP contribution in [0.5, 0.6) is 0 Å². The Bertz CT molecular complexity index is 417. The van der Waals surface area contributed by atoms with E-state index in [4.69, 9.17) is 9.84 Å². The third-order valence-electron chi connectivity index (χ3n) is 2.50. The Labute approximate surface area is 112 Å². The average Bonchev–Trinajstić information content (AvgIpc) is 2.34. The minimum Gasteiger partial charge on any atom is -0.480 e. The molecule has 1 aromatic rings. The van der Waals surface area contributed by atoms with Gasteiger partial charge in [0.2, 0.25) is 0 Å². The summed E-state index contributed by atoms with van der Waals surface area (Å²) in [6.45, 7) is 3.42. The summed E-state index contributed by atoms with van der Waals surface area (Å²) >= 11 is 0. The summed E-state index contributed by atoms with van der Waals surface area (Å²) in [5, 5.41) is 11.4. The number of carbonyl (C=O) groups is 2. The van der Waals surface area contributed by atoms with Crippen molar-refractivity contribution in [1.82, 2.24) is 5.32 Å². The summed E-state index contributed by atoms with van der Waals surface area (Å²) in [7, 11) is 0. The van der Waals surface area contributed by atoms with Gasteiger partial charge in [0.05, 0.1) is 6.10 Å². The highest BCUT2D eigenvalue weighted by molar-refractivity contribution is 5.79. The van der Waals surface area contributed by atoms with Gasteiger partial charge >= 0.3 is 12.1 Å². The van der Waals surface area contributed by atoms with Crippen LogP contribution in [0.1, 0.15) is 25.8 Å². The maximum Gasteiger partial charge on any atom is 0.408 e. The lowest BCUT2D eigenvalue weighted by molar-refractivity contribution is -0.139. The molecule has 5 heteroatoms. The van der Waals surface area contributed by atoms with E-state index in [1.807, 2.05) is 30.3 Å². The van der Waals surface area contributed by atoms with E-state index < -0.39 is 18.1 Å². The molecule has 0 saturated carbocycles. The van der Waals surface area contributed by atoms with Gasteiger partial charge in [0.25, 0.3) is 0 Å². The van der Waals surface area contributed by atoms with Crippen LogP contribution in [-0.4, -0.2) is 29.3 Å². The molecule has 104 valence electrons. The van der Waals surface area contributed by atoms with Crippen LogP contribution in [0.15, 0.2) is 30.3 Å². The van der Waals surface area contributed by atoms with Crippen molar-refractivity contribution in [3.8, 4) is 0 Å². The third kappa shape index (κ3) is 5.90. The highest BCUT2D eigenvalue weighted by Gasteiger charge is 2.20. The molecule has 1 atom stereocenters. The Kier molecular flexibility index (Phi) is 5.85. The first-order chi connectivity index (χ1) is 8.99. The molecule has 0 heterocycles. The lowest BCUT2D eigenvalue weighted by Gasteiger charge is -2.15. The number of hydrogen-bond donors (Lipinski definition) is 2. The van der Waals surface area contributed by atoms with E-state index in [-0.39, 0.29) is 6.10 Å². The Morgan fingerprint density at radius 3 is 2.42 bits per heavy atom. The number of nitrogens with one attached hydrogen (secondary N) is 1. The first-order valence-electron chi connectivity index (χ1n) is 6.23. The predicted octanol–water partition coefficient (Wildman–Crippen LogP) is 2.21. The molecule has 0 radical (unpaired) electrons. The highest BCUT2D eigenvalue weighted by Crippen LogP contribution is 2.06. The van der Waals surface area contributed by atoms with Gasteiger partial charge in [0.15, 0.2) is 0 Å². The highest BCUT2D eigenvalue weighted by atomic mass is 16.6. The van der Waals surface area contributed by atoms with Crippen LogP contribution < -0.4 is 5.32 Å². The van der Waals surface area contributed by atoms with E-state index in [9.17, 15) is 9.59 Å². The molecule has 1 unspecified atom stereocenters. The van der Waals surface area contributed by atoms with Crippen LogP contribution in [0.25, 0.3) is 0 Å². The topological polar surface area (TPSA) is 75.6 Å². The maximum atomic E-state index is 11.4. The van der Waals surface area contributed by atoms with Crippen molar-refractivity contribution >= 4 is 12.1 Å². The van der Waals surface area contributed by atoms with Crippen LogP contribution in [0.3, 0.4) is 0 Å². The number of carboxylic acid groups (broad SMARTS) is 1. The molecule has 0 bridgehead atoms. The van der Waals surface area contributed by atoms with E-state index in [0.29, 0.717) is 12.8 Å². The second-order valence-electron chi connectivity index (χ2n) is 4.51. The number of hydrogen-bond acceptors (Lipinski definition) is 3. The lowest BCUT2D eigenvalue weighted by atomic mass is 10.1. The minimum absolute atomic E-state index is 0.274. The Morgan fingerprint density at radius 1 is 1.26 bits per heavy atom. The Morgan fingerprint density at radius 2 is 1.89 bits per heavy atom. The molecule has 19 heavy (non-hydrogen) atoms. The van der Waals surface area contributed by atoms with Crippen molar-refractivity contribution in [2.24, 2.45) is 0 Å². The molecule has 0 saturated heterocycles. The van der Waals surface area contributed by atoms with E-state index >= 15 is 0 Å². The van der Waals surface area contributed by atoms with Gasteiger partial charge < -0.3 is 15.2 Å². The maximum absolute atomic E-state index is 11.4. The second-order valence-corrected chi connectivity index (χ2v) is 4.51. The molecule has 0 spiro atoms. The number of aliphatic carboxylic acids is 1. The van der Waals surface area contributed by atoms with Gasteiger partial charge in [-0.05, 0) is 32.3 Å². The summed E-state index contributed by atoms with van der Waals surface area (Å²) in [6, 6.07) is 8.59. The molecule has 0 aliphatic rings. The van der Waals surface area contributed by atoms with Crippen LogP contribution in [0, 0.1) is 0 Å². The molecule has 5 nitrogen and oxygen atoms in total. The quantitative estimate of drug-likeness (QED) is 0.826. The summed E-state index contributed by atoms with van der Waals surface area (Å²) in [4.78, 5) is 22.5. The minimum atomic E-state index is -1.06. The molecule has 0 fully saturated rings. The van der Waals surface area contributed by atoms with Gasteiger partial charge in [-0.25, -0.2) is 9.59 Å². The summed E-state index contributed by atoms with van der Waals surface area (Å²) in [5.41, 5.74) is 1.03. The summed E-state index contributed by atoms with van der Waals surface area (Å²) in [5.74, 6) is -1.06. The molecule has 1 aromatic carbocycles. The molecule has 1 rings (SSSR count). The van der Waals surface area contributed by atoms with Gasteiger partial charge in [-0.15, -0.1) is 0 Å². The fourth-order valence-electron chi connectivity index (χ4n) is 1.60. The second kappa shape index (κ2) is 7.41. The standard InChI is InChI=1S/C14H19NO4/c1-10(2)19-14(18)15-12(13(16)17)9-8-11-6-4-3-5-7-11/h3-7,10,12H,8-9H2,1-2H3,(H,15,18)(H,16,17). The number of rotatable bonds is 6. The predicted molar refractivity (Wildman–Crippen MR) is 70.9 cm³/mol. The third-order valence-corrected chi connectivity index (χ3v) is 2.50. The number of amides is 1. The molecule has 2 N–H and O–H groups in total.